The van der Waals surface area contributed by atoms with Gasteiger partial charge in [-0.25, -0.2) is 9.59 Å². The Morgan fingerprint density at radius 1 is 1.33 bits per heavy atom. The van der Waals surface area contributed by atoms with Crippen molar-refractivity contribution in [3.63, 3.8) is 0 Å². The second-order valence-electron chi connectivity index (χ2n) is 5.54. The lowest BCUT2D eigenvalue weighted by Gasteiger charge is -2.44. The van der Waals surface area contributed by atoms with E-state index in [1.807, 2.05) is 0 Å². The predicted octanol–water partition coefficient (Wildman–Crippen LogP) is 1.53. The lowest BCUT2D eigenvalue weighted by Crippen LogP contribution is -2.61. The largest absolute Gasteiger partial charge is 0.480 e. The van der Waals surface area contributed by atoms with E-state index in [4.69, 9.17) is 9.47 Å². The van der Waals surface area contributed by atoms with E-state index in [1.165, 1.54) is 7.11 Å². The molecule has 1 amide bonds. The van der Waals surface area contributed by atoms with Crippen LogP contribution >= 0.6 is 0 Å². The summed E-state index contributed by atoms with van der Waals surface area (Å²) in [6.07, 6.45) is 1.40. The molecule has 6 nitrogen and oxygen atoms in total. The standard InChI is InChI=1S/C12H21NO5/c1-11(2,3)18-10(16)13-8(9(14)15)12(17-4)6-5-7-12/h8H,5-7H2,1-4H3,(H,13,16)(H,14,15). The van der Waals surface area contributed by atoms with Crippen molar-refractivity contribution in [2.75, 3.05) is 7.11 Å². The highest BCUT2D eigenvalue weighted by Crippen LogP contribution is 2.38. The number of methoxy groups -OCH3 is 1. The molecule has 0 heterocycles. The van der Waals surface area contributed by atoms with Crippen LogP contribution in [0.15, 0.2) is 0 Å². The summed E-state index contributed by atoms with van der Waals surface area (Å²) in [5.41, 5.74) is -1.46. The Kier molecular flexibility index (Phi) is 4.21. The highest BCUT2D eigenvalue weighted by molar-refractivity contribution is 5.81. The normalized spacial score (nSPS) is 19.6. The molecule has 0 radical (unpaired) electrons. The van der Waals surface area contributed by atoms with Crippen molar-refractivity contribution in [1.29, 1.82) is 0 Å². The highest BCUT2D eigenvalue weighted by atomic mass is 16.6. The molecule has 1 aliphatic rings. The van der Waals surface area contributed by atoms with Gasteiger partial charge in [-0.15, -0.1) is 0 Å². The van der Waals surface area contributed by atoms with Crippen LogP contribution < -0.4 is 5.32 Å². The number of alkyl carbamates (subject to hydrolysis) is 1. The molecule has 0 aromatic heterocycles. The van der Waals surface area contributed by atoms with Crippen molar-refractivity contribution in [1.82, 2.24) is 5.32 Å². The van der Waals surface area contributed by atoms with E-state index in [2.05, 4.69) is 5.32 Å². The Labute approximate surface area is 107 Å². The monoisotopic (exact) mass is 259 g/mol. The first-order chi connectivity index (χ1) is 8.20. The number of hydrogen-bond donors (Lipinski definition) is 2. The summed E-state index contributed by atoms with van der Waals surface area (Å²) in [5.74, 6) is -1.11. The summed E-state index contributed by atoms with van der Waals surface area (Å²) < 4.78 is 10.3. The molecule has 0 aromatic carbocycles. The number of nitrogens with one attached hydrogen (secondary N) is 1. The zero-order valence-electron chi connectivity index (χ0n) is 11.3. The van der Waals surface area contributed by atoms with E-state index < -0.39 is 29.3 Å². The van der Waals surface area contributed by atoms with Gasteiger partial charge < -0.3 is 19.9 Å². The Balaban J connectivity index is 2.70. The van der Waals surface area contributed by atoms with Crippen molar-refractivity contribution >= 4 is 12.1 Å². The van der Waals surface area contributed by atoms with Crippen molar-refractivity contribution < 1.29 is 24.2 Å². The van der Waals surface area contributed by atoms with Crippen LogP contribution in [0.1, 0.15) is 40.0 Å². The van der Waals surface area contributed by atoms with E-state index in [-0.39, 0.29) is 0 Å². The second-order valence-corrected chi connectivity index (χ2v) is 5.54. The summed E-state index contributed by atoms with van der Waals surface area (Å²) in [4.78, 5) is 22.9. The maximum atomic E-state index is 11.6. The molecule has 0 aliphatic heterocycles. The molecule has 2 N–H and O–H groups in total. The Bertz CT molecular complexity index is 324. The molecule has 6 heteroatoms. The average molecular weight is 259 g/mol. The van der Waals surface area contributed by atoms with Crippen LogP contribution in [0, 0.1) is 0 Å². The number of hydrogen-bond acceptors (Lipinski definition) is 4. The maximum Gasteiger partial charge on any atom is 0.408 e. The topological polar surface area (TPSA) is 84.9 Å². The van der Waals surface area contributed by atoms with Crippen LogP contribution in [0.2, 0.25) is 0 Å². The van der Waals surface area contributed by atoms with E-state index in [9.17, 15) is 14.7 Å². The summed E-state index contributed by atoms with van der Waals surface area (Å²) in [6.45, 7) is 5.16. The maximum absolute atomic E-state index is 11.6. The van der Waals surface area contributed by atoms with E-state index in [1.54, 1.807) is 20.8 Å². The van der Waals surface area contributed by atoms with E-state index >= 15 is 0 Å². The third kappa shape index (κ3) is 3.35. The molecular formula is C12H21NO5. The van der Waals surface area contributed by atoms with Crippen molar-refractivity contribution in [3.8, 4) is 0 Å². The van der Waals surface area contributed by atoms with Crippen LogP contribution in [-0.2, 0) is 14.3 Å². The fraction of sp³-hybridized carbons (Fsp3) is 0.833. The van der Waals surface area contributed by atoms with Gasteiger partial charge in [0.2, 0.25) is 0 Å². The van der Waals surface area contributed by atoms with Crippen LogP contribution in [0.25, 0.3) is 0 Å². The lowest BCUT2D eigenvalue weighted by atomic mass is 9.74. The molecule has 1 rings (SSSR count). The first kappa shape index (κ1) is 14.8. The van der Waals surface area contributed by atoms with Gasteiger partial charge in [-0.05, 0) is 40.0 Å². The Hall–Kier alpha value is -1.30. The number of amides is 1. The van der Waals surface area contributed by atoms with Gasteiger partial charge in [-0.2, -0.15) is 0 Å². The second kappa shape index (κ2) is 5.14. The highest BCUT2D eigenvalue weighted by Gasteiger charge is 2.49. The first-order valence-electron chi connectivity index (χ1n) is 5.98. The van der Waals surface area contributed by atoms with E-state index in [0.717, 1.165) is 6.42 Å². The quantitative estimate of drug-likeness (QED) is 0.799. The number of carboxylic acid groups (broad SMARTS) is 1. The zero-order chi connectivity index (χ0) is 14.0. The number of rotatable bonds is 4. The minimum Gasteiger partial charge on any atom is -0.480 e. The Morgan fingerprint density at radius 2 is 1.89 bits per heavy atom. The molecule has 1 fully saturated rings. The van der Waals surface area contributed by atoms with E-state index in [0.29, 0.717) is 12.8 Å². The molecule has 0 aromatic rings. The van der Waals surface area contributed by atoms with Crippen LogP contribution in [0.3, 0.4) is 0 Å². The molecule has 1 atom stereocenters. The first-order valence-corrected chi connectivity index (χ1v) is 5.98. The molecule has 0 bridgehead atoms. The SMILES string of the molecule is COC1(C(NC(=O)OC(C)(C)C)C(=O)O)CCC1. The van der Waals surface area contributed by atoms with Crippen LogP contribution in [0.4, 0.5) is 4.79 Å². The molecule has 18 heavy (non-hydrogen) atoms. The van der Waals surface area contributed by atoms with Gasteiger partial charge in [-0.1, -0.05) is 0 Å². The van der Waals surface area contributed by atoms with Crippen LogP contribution in [0.5, 0.6) is 0 Å². The fourth-order valence-electron chi connectivity index (χ4n) is 1.98. The van der Waals surface area contributed by atoms with Gasteiger partial charge in [0.1, 0.15) is 5.60 Å². The number of carbonyl (C=O) groups is 2. The summed E-state index contributed by atoms with van der Waals surface area (Å²) in [5, 5.41) is 11.6. The van der Waals surface area contributed by atoms with Crippen LogP contribution in [-0.4, -0.2) is 41.5 Å². The van der Waals surface area contributed by atoms with Gasteiger partial charge in [0.25, 0.3) is 0 Å². The van der Waals surface area contributed by atoms with Crippen molar-refractivity contribution in [2.45, 2.75) is 57.3 Å². The molecule has 104 valence electrons. The molecule has 1 saturated carbocycles. The lowest BCUT2D eigenvalue weighted by molar-refractivity contribution is -0.157. The van der Waals surface area contributed by atoms with Gasteiger partial charge >= 0.3 is 12.1 Å². The van der Waals surface area contributed by atoms with Gasteiger partial charge in [0.15, 0.2) is 6.04 Å². The summed E-state index contributed by atoms with van der Waals surface area (Å²) in [6, 6.07) is -1.08. The summed E-state index contributed by atoms with van der Waals surface area (Å²) in [7, 11) is 1.46. The number of aliphatic carboxylic acids is 1. The van der Waals surface area contributed by atoms with Gasteiger partial charge in [0.05, 0.1) is 5.60 Å². The number of ether oxygens (including phenoxy) is 2. The molecule has 0 saturated heterocycles. The fourth-order valence-corrected chi connectivity index (χ4v) is 1.98. The zero-order valence-corrected chi connectivity index (χ0v) is 11.3. The predicted molar refractivity (Wildman–Crippen MR) is 64.4 cm³/mol. The molecular weight excluding hydrogens is 238 g/mol. The number of carboxylic acids is 1. The number of carbonyl (C=O) groups excluding carboxylic acids is 1. The average Bonchev–Trinajstić information content (AvgIpc) is 2.12. The minimum atomic E-state index is -1.11. The molecule has 1 unspecified atom stereocenters. The summed E-state index contributed by atoms with van der Waals surface area (Å²) >= 11 is 0. The van der Waals surface area contributed by atoms with Gasteiger partial charge in [-0.3, -0.25) is 0 Å². The molecule has 0 spiro atoms. The molecule has 1 aliphatic carbocycles. The third-order valence-corrected chi connectivity index (χ3v) is 3.04. The van der Waals surface area contributed by atoms with Crippen molar-refractivity contribution in [3.05, 3.63) is 0 Å². The van der Waals surface area contributed by atoms with Gasteiger partial charge in [0, 0.05) is 7.11 Å². The minimum absolute atomic E-state index is 0.621. The smallest absolute Gasteiger partial charge is 0.408 e. The third-order valence-electron chi connectivity index (χ3n) is 3.04. The van der Waals surface area contributed by atoms with Crippen molar-refractivity contribution in [2.24, 2.45) is 0 Å². The Morgan fingerprint density at radius 3 is 2.17 bits per heavy atom.